The van der Waals surface area contributed by atoms with Gasteiger partial charge in [0.25, 0.3) is 0 Å². The molecule has 1 heterocycles. The summed E-state index contributed by atoms with van der Waals surface area (Å²) < 4.78 is 5.64. The second-order valence-electron chi connectivity index (χ2n) is 6.63. The topological polar surface area (TPSA) is 66.8 Å². The number of carboxylic acids is 1. The molecule has 1 fully saturated rings. The minimum absolute atomic E-state index is 0.106. The first-order valence-electron chi connectivity index (χ1n) is 7.95. The lowest BCUT2D eigenvalue weighted by atomic mass is 9.92. The van der Waals surface area contributed by atoms with Crippen molar-refractivity contribution in [3.63, 3.8) is 0 Å². The number of amides is 1. The lowest BCUT2D eigenvalue weighted by Crippen LogP contribution is -2.50. The Hall–Kier alpha value is -1.10. The molecule has 5 nitrogen and oxygen atoms in total. The molecule has 1 aliphatic rings. The van der Waals surface area contributed by atoms with Gasteiger partial charge in [-0.2, -0.15) is 0 Å². The van der Waals surface area contributed by atoms with Crippen LogP contribution in [0.2, 0.25) is 0 Å². The van der Waals surface area contributed by atoms with E-state index in [2.05, 4.69) is 13.8 Å². The quantitative estimate of drug-likeness (QED) is 0.784. The molecule has 0 saturated carbocycles. The molecule has 0 radical (unpaired) electrons. The Labute approximate surface area is 127 Å². The van der Waals surface area contributed by atoms with Crippen LogP contribution in [0.3, 0.4) is 0 Å². The third kappa shape index (κ3) is 6.04. The Kier molecular flexibility index (Phi) is 7.15. The molecule has 0 spiro atoms. The number of likely N-dealkylation sites (tertiary alicyclic amines) is 1. The first-order valence-corrected chi connectivity index (χ1v) is 7.95. The van der Waals surface area contributed by atoms with Crippen LogP contribution in [0, 0.1) is 11.8 Å². The zero-order valence-corrected chi connectivity index (χ0v) is 13.7. The van der Waals surface area contributed by atoms with Crippen LogP contribution in [0.25, 0.3) is 0 Å². The van der Waals surface area contributed by atoms with Crippen molar-refractivity contribution < 1.29 is 19.4 Å². The highest BCUT2D eigenvalue weighted by Gasteiger charge is 2.34. The van der Waals surface area contributed by atoms with E-state index in [4.69, 9.17) is 4.74 Å². The number of piperidine rings is 1. The molecule has 122 valence electrons. The molecular weight excluding hydrogens is 270 g/mol. The molecule has 0 aliphatic carbocycles. The van der Waals surface area contributed by atoms with Gasteiger partial charge in [0.2, 0.25) is 5.91 Å². The first kappa shape index (κ1) is 18.0. The molecule has 0 aromatic carbocycles. The van der Waals surface area contributed by atoms with Gasteiger partial charge in [-0.05, 0) is 38.0 Å². The van der Waals surface area contributed by atoms with Gasteiger partial charge < -0.3 is 14.7 Å². The lowest BCUT2D eigenvalue weighted by Gasteiger charge is -2.36. The van der Waals surface area contributed by atoms with Crippen LogP contribution in [-0.2, 0) is 14.3 Å². The van der Waals surface area contributed by atoms with Crippen LogP contribution in [0.15, 0.2) is 0 Å². The van der Waals surface area contributed by atoms with Gasteiger partial charge in [-0.25, -0.2) is 4.79 Å². The zero-order chi connectivity index (χ0) is 16.0. The lowest BCUT2D eigenvalue weighted by molar-refractivity contribution is -0.153. The predicted octanol–water partition coefficient (Wildman–Crippen LogP) is 2.54. The van der Waals surface area contributed by atoms with Crippen LogP contribution in [0.5, 0.6) is 0 Å². The fourth-order valence-electron chi connectivity index (χ4n) is 2.90. The number of rotatable bonds is 7. The van der Waals surface area contributed by atoms with Gasteiger partial charge in [-0.1, -0.05) is 20.8 Å². The fourth-order valence-corrected chi connectivity index (χ4v) is 2.90. The molecule has 1 rings (SSSR count). The van der Waals surface area contributed by atoms with Crippen LogP contribution >= 0.6 is 0 Å². The largest absolute Gasteiger partial charge is 0.480 e. The maximum Gasteiger partial charge on any atom is 0.326 e. The van der Waals surface area contributed by atoms with E-state index in [0.717, 1.165) is 12.8 Å². The molecule has 3 atom stereocenters. The Morgan fingerprint density at radius 1 is 1.33 bits per heavy atom. The van der Waals surface area contributed by atoms with E-state index in [1.54, 1.807) is 0 Å². The number of carbonyl (C=O) groups excluding carboxylic acids is 1. The van der Waals surface area contributed by atoms with Gasteiger partial charge in [0.1, 0.15) is 6.04 Å². The molecule has 5 heteroatoms. The van der Waals surface area contributed by atoms with Crippen LogP contribution in [0.4, 0.5) is 0 Å². The highest BCUT2D eigenvalue weighted by Crippen LogP contribution is 2.23. The molecule has 1 amide bonds. The minimum atomic E-state index is -0.899. The average molecular weight is 299 g/mol. The molecule has 3 unspecified atom stereocenters. The highest BCUT2D eigenvalue weighted by atomic mass is 16.5. The van der Waals surface area contributed by atoms with E-state index in [1.807, 2.05) is 13.8 Å². The normalized spacial score (nSPS) is 24.1. The summed E-state index contributed by atoms with van der Waals surface area (Å²) in [5.41, 5.74) is 0. The summed E-state index contributed by atoms with van der Waals surface area (Å²) >= 11 is 0. The van der Waals surface area contributed by atoms with E-state index in [-0.39, 0.29) is 18.4 Å². The van der Waals surface area contributed by atoms with Gasteiger partial charge in [0, 0.05) is 6.54 Å². The number of carboxylic acid groups (broad SMARTS) is 1. The van der Waals surface area contributed by atoms with E-state index in [9.17, 15) is 14.7 Å². The monoisotopic (exact) mass is 299 g/mol. The summed E-state index contributed by atoms with van der Waals surface area (Å²) in [6, 6.07) is -0.672. The number of nitrogens with zero attached hydrogens (tertiary/aromatic N) is 1. The number of carbonyl (C=O) groups is 2. The fraction of sp³-hybridized carbons (Fsp3) is 0.875. The zero-order valence-electron chi connectivity index (χ0n) is 13.7. The van der Waals surface area contributed by atoms with Gasteiger partial charge in [0.05, 0.1) is 19.1 Å². The van der Waals surface area contributed by atoms with Gasteiger partial charge >= 0.3 is 5.97 Å². The van der Waals surface area contributed by atoms with Crippen molar-refractivity contribution in [1.29, 1.82) is 0 Å². The van der Waals surface area contributed by atoms with Crippen molar-refractivity contribution in [3.8, 4) is 0 Å². The van der Waals surface area contributed by atoms with E-state index in [0.29, 0.717) is 31.4 Å². The van der Waals surface area contributed by atoms with Crippen molar-refractivity contribution in [3.05, 3.63) is 0 Å². The second kappa shape index (κ2) is 8.37. The van der Waals surface area contributed by atoms with Gasteiger partial charge in [0.15, 0.2) is 0 Å². The molecular formula is C16H29NO4. The van der Waals surface area contributed by atoms with Crippen molar-refractivity contribution in [2.24, 2.45) is 11.8 Å². The predicted molar refractivity (Wildman–Crippen MR) is 81.0 cm³/mol. The van der Waals surface area contributed by atoms with Crippen LogP contribution in [0.1, 0.15) is 53.4 Å². The van der Waals surface area contributed by atoms with E-state index in [1.165, 1.54) is 4.90 Å². The summed E-state index contributed by atoms with van der Waals surface area (Å²) in [6.45, 7) is 9.22. The maximum absolute atomic E-state index is 12.2. The Balaban J connectivity index is 2.41. The number of hydrogen-bond donors (Lipinski definition) is 1. The highest BCUT2D eigenvalue weighted by molar-refractivity contribution is 5.83. The number of ether oxygens (including phenoxy) is 1. The minimum Gasteiger partial charge on any atom is -0.480 e. The maximum atomic E-state index is 12.2. The van der Waals surface area contributed by atoms with Crippen molar-refractivity contribution in [2.45, 2.75) is 65.5 Å². The molecule has 0 aromatic heterocycles. The van der Waals surface area contributed by atoms with Crippen LogP contribution < -0.4 is 0 Å². The van der Waals surface area contributed by atoms with E-state index < -0.39 is 12.0 Å². The third-order valence-electron chi connectivity index (χ3n) is 3.99. The summed E-state index contributed by atoms with van der Waals surface area (Å²) in [6.07, 6.45) is 2.79. The second-order valence-corrected chi connectivity index (χ2v) is 6.63. The number of hydrogen-bond acceptors (Lipinski definition) is 3. The van der Waals surface area contributed by atoms with Crippen molar-refractivity contribution in [1.82, 2.24) is 4.90 Å². The van der Waals surface area contributed by atoms with Gasteiger partial charge in [-0.3, -0.25) is 4.79 Å². The Morgan fingerprint density at radius 3 is 2.57 bits per heavy atom. The first-order chi connectivity index (χ1) is 9.81. The summed E-state index contributed by atoms with van der Waals surface area (Å²) in [5.74, 6) is -0.0804. The van der Waals surface area contributed by atoms with Gasteiger partial charge in [-0.15, -0.1) is 0 Å². The smallest absolute Gasteiger partial charge is 0.326 e. The van der Waals surface area contributed by atoms with Crippen molar-refractivity contribution in [2.75, 3.05) is 13.2 Å². The van der Waals surface area contributed by atoms with Crippen LogP contribution in [-0.4, -0.2) is 47.2 Å². The summed E-state index contributed by atoms with van der Waals surface area (Å²) in [5, 5.41) is 9.26. The average Bonchev–Trinajstić information content (AvgIpc) is 2.37. The number of aliphatic carboxylic acids is 1. The molecule has 21 heavy (non-hydrogen) atoms. The standard InChI is InChI=1S/C16H29NO4/c1-11(2)9-13(4)21-8-6-15(18)17-7-5-12(3)10-14(17)16(19)20/h11-14H,5-10H2,1-4H3,(H,19,20). The molecule has 0 aromatic rings. The molecule has 1 saturated heterocycles. The Morgan fingerprint density at radius 2 is 2.00 bits per heavy atom. The third-order valence-corrected chi connectivity index (χ3v) is 3.99. The van der Waals surface area contributed by atoms with Crippen molar-refractivity contribution >= 4 is 11.9 Å². The SMILES string of the molecule is CC(C)CC(C)OCCC(=O)N1CCC(C)CC1C(=O)O. The summed E-state index contributed by atoms with van der Waals surface area (Å²) in [4.78, 5) is 25.0. The molecule has 1 aliphatic heterocycles. The summed E-state index contributed by atoms with van der Waals surface area (Å²) in [7, 11) is 0. The molecule has 1 N–H and O–H groups in total. The molecule has 0 bridgehead atoms. The van der Waals surface area contributed by atoms with E-state index >= 15 is 0 Å². The Bertz CT molecular complexity index is 356.